The van der Waals surface area contributed by atoms with Gasteiger partial charge in [0.15, 0.2) is 0 Å². The normalized spacial score (nSPS) is 23.6. The molecular weight excluding hydrogens is 346 g/mol. The number of hydrogen-bond donors (Lipinski definition) is 1. The van der Waals surface area contributed by atoms with E-state index in [2.05, 4.69) is 75.8 Å². The fourth-order valence-corrected chi connectivity index (χ4v) is 4.61. The third kappa shape index (κ3) is 5.21. The van der Waals surface area contributed by atoms with Gasteiger partial charge < -0.3 is 5.32 Å². The second kappa shape index (κ2) is 9.35. The average Bonchev–Trinajstić information content (AvgIpc) is 3.16. The summed E-state index contributed by atoms with van der Waals surface area (Å²) in [6, 6.07) is 21.6. The highest BCUT2D eigenvalue weighted by molar-refractivity contribution is 5.78. The van der Waals surface area contributed by atoms with E-state index < -0.39 is 0 Å². The molecule has 0 bridgehead atoms. The molecule has 4 heteroatoms. The van der Waals surface area contributed by atoms with E-state index in [9.17, 15) is 4.79 Å². The molecule has 4 rings (SSSR count). The second-order valence-corrected chi connectivity index (χ2v) is 8.26. The van der Waals surface area contributed by atoms with Crippen molar-refractivity contribution >= 4 is 5.91 Å². The number of nitrogens with one attached hydrogen (secondary N) is 1. The van der Waals surface area contributed by atoms with Gasteiger partial charge in [0.25, 0.3) is 0 Å². The Labute approximate surface area is 168 Å². The molecule has 2 unspecified atom stereocenters. The third-order valence-corrected chi connectivity index (χ3v) is 6.03. The third-order valence-electron chi connectivity index (χ3n) is 6.03. The van der Waals surface area contributed by atoms with Gasteiger partial charge in [-0.25, -0.2) is 0 Å². The lowest BCUT2D eigenvalue weighted by Crippen LogP contribution is -2.45. The van der Waals surface area contributed by atoms with Crippen LogP contribution in [0.2, 0.25) is 0 Å². The lowest BCUT2D eigenvalue weighted by molar-refractivity contribution is -0.123. The summed E-state index contributed by atoms with van der Waals surface area (Å²) in [6.07, 6.45) is 3.44. The minimum atomic E-state index is 0.181. The van der Waals surface area contributed by atoms with E-state index in [1.807, 2.05) is 0 Å². The Hall–Kier alpha value is -2.17. The van der Waals surface area contributed by atoms with Gasteiger partial charge in [-0.05, 0) is 42.9 Å². The van der Waals surface area contributed by atoms with Gasteiger partial charge in [-0.15, -0.1) is 0 Å². The van der Waals surface area contributed by atoms with Gasteiger partial charge in [-0.2, -0.15) is 0 Å². The number of carbonyl (C=O) groups excluding carboxylic acids is 1. The van der Waals surface area contributed by atoms with Crippen LogP contribution in [0.3, 0.4) is 0 Å². The summed E-state index contributed by atoms with van der Waals surface area (Å²) in [6.45, 7) is 5.52. The van der Waals surface area contributed by atoms with E-state index in [1.54, 1.807) is 0 Å². The molecule has 2 fully saturated rings. The van der Waals surface area contributed by atoms with Gasteiger partial charge in [-0.3, -0.25) is 14.6 Å². The number of hydrogen-bond acceptors (Lipinski definition) is 3. The topological polar surface area (TPSA) is 35.6 Å². The van der Waals surface area contributed by atoms with Crippen LogP contribution < -0.4 is 5.32 Å². The minimum Gasteiger partial charge on any atom is -0.351 e. The molecule has 2 atom stereocenters. The second-order valence-electron chi connectivity index (χ2n) is 8.26. The standard InChI is InChI=1S/C24H31N3O/c28-24(19-26-14-7-12-22(17-26)21-10-5-2-6-11-21)25-23-13-15-27(18-23)16-20-8-3-1-4-9-20/h1-6,8-11,22-23H,7,12-19H2,(H,25,28). The van der Waals surface area contributed by atoms with Crippen molar-refractivity contribution < 1.29 is 4.79 Å². The van der Waals surface area contributed by atoms with E-state index in [4.69, 9.17) is 0 Å². The summed E-state index contributed by atoms with van der Waals surface area (Å²) in [5.41, 5.74) is 2.75. The molecule has 2 saturated heterocycles. The molecule has 0 spiro atoms. The van der Waals surface area contributed by atoms with Crippen molar-refractivity contribution in [2.75, 3.05) is 32.7 Å². The first-order valence-corrected chi connectivity index (χ1v) is 10.6. The number of likely N-dealkylation sites (tertiary alicyclic amines) is 2. The summed E-state index contributed by atoms with van der Waals surface area (Å²) in [4.78, 5) is 17.4. The molecule has 0 saturated carbocycles. The molecule has 2 aromatic carbocycles. The molecule has 2 aliphatic rings. The molecule has 2 aromatic rings. The minimum absolute atomic E-state index is 0.181. The molecule has 4 nitrogen and oxygen atoms in total. The Morgan fingerprint density at radius 1 is 0.893 bits per heavy atom. The first-order valence-electron chi connectivity index (χ1n) is 10.6. The van der Waals surface area contributed by atoms with Gasteiger partial charge in [0.2, 0.25) is 5.91 Å². The van der Waals surface area contributed by atoms with E-state index >= 15 is 0 Å². The number of piperidine rings is 1. The van der Waals surface area contributed by atoms with Gasteiger partial charge in [0.05, 0.1) is 6.54 Å². The lowest BCUT2D eigenvalue weighted by atomic mass is 9.91. The van der Waals surface area contributed by atoms with Gasteiger partial charge >= 0.3 is 0 Å². The molecule has 28 heavy (non-hydrogen) atoms. The van der Waals surface area contributed by atoms with Crippen LogP contribution in [0.5, 0.6) is 0 Å². The predicted molar refractivity (Wildman–Crippen MR) is 113 cm³/mol. The first-order chi connectivity index (χ1) is 13.8. The Balaban J connectivity index is 1.22. The smallest absolute Gasteiger partial charge is 0.234 e. The highest BCUT2D eigenvalue weighted by atomic mass is 16.2. The Kier molecular flexibility index (Phi) is 6.40. The molecule has 148 valence electrons. The molecule has 0 aliphatic carbocycles. The highest BCUT2D eigenvalue weighted by Crippen LogP contribution is 2.26. The molecule has 0 radical (unpaired) electrons. The van der Waals surface area contributed by atoms with E-state index in [-0.39, 0.29) is 11.9 Å². The Bertz CT molecular complexity index is 749. The van der Waals surface area contributed by atoms with Crippen molar-refractivity contribution in [3.8, 4) is 0 Å². The summed E-state index contributed by atoms with van der Waals surface area (Å²) in [5.74, 6) is 0.732. The van der Waals surface area contributed by atoms with E-state index in [1.165, 1.54) is 24.0 Å². The fourth-order valence-electron chi connectivity index (χ4n) is 4.61. The molecule has 1 amide bonds. The quantitative estimate of drug-likeness (QED) is 0.839. The monoisotopic (exact) mass is 377 g/mol. The maximum atomic E-state index is 12.6. The van der Waals surface area contributed by atoms with Crippen LogP contribution >= 0.6 is 0 Å². The van der Waals surface area contributed by atoms with E-state index in [0.29, 0.717) is 12.5 Å². The fraction of sp³-hybridized carbons (Fsp3) is 0.458. The highest BCUT2D eigenvalue weighted by Gasteiger charge is 2.26. The molecule has 2 aliphatic heterocycles. The van der Waals surface area contributed by atoms with Crippen molar-refractivity contribution in [3.63, 3.8) is 0 Å². The van der Waals surface area contributed by atoms with E-state index in [0.717, 1.165) is 39.1 Å². The van der Waals surface area contributed by atoms with Crippen LogP contribution in [0.25, 0.3) is 0 Å². The zero-order valence-corrected chi connectivity index (χ0v) is 16.6. The SMILES string of the molecule is O=C(CN1CCCC(c2ccccc2)C1)NC1CCN(Cc2ccccc2)C1. The zero-order chi connectivity index (χ0) is 19.2. The van der Waals surface area contributed by atoms with Crippen molar-refractivity contribution in [2.45, 2.75) is 37.8 Å². The predicted octanol–water partition coefficient (Wildman–Crippen LogP) is 3.26. The molecule has 2 heterocycles. The van der Waals surface area contributed by atoms with Crippen LogP contribution in [-0.2, 0) is 11.3 Å². The van der Waals surface area contributed by atoms with Crippen molar-refractivity contribution in [1.29, 1.82) is 0 Å². The van der Waals surface area contributed by atoms with Crippen LogP contribution in [0.1, 0.15) is 36.3 Å². The van der Waals surface area contributed by atoms with Crippen molar-refractivity contribution in [1.82, 2.24) is 15.1 Å². The summed E-state index contributed by atoms with van der Waals surface area (Å²) in [7, 11) is 0. The molecular formula is C24H31N3O. The van der Waals surface area contributed by atoms with Crippen LogP contribution in [0.15, 0.2) is 60.7 Å². The summed E-state index contributed by atoms with van der Waals surface area (Å²) in [5, 5.41) is 3.27. The van der Waals surface area contributed by atoms with Crippen LogP contribution in [-0.4, -0.2) is 54.5 Å². The Morgan fingerprint density at radius 3 is 2.43 bits per heavy atom. The van der Waals surface area contributed by atoms with Crippen molar-refractivity contribution in [3.05, 3.63) is 71.8 Å². The largest absolute Gasteiger partial charge is 0.351 e. The van der Waals surface area contributed by atoms with Gasteiger partial charge in [0.1, 0.15) is 0 Å². The Morgan fingerprint density at radius 2 is 1.64 bits per heavy atom. The van der Waals surface area contributed by atoms with Gasteiger partial charge in [0, 0.05) is 32.2 Å². The van der Waals surface area contributed by atoms with Gasteiger partial charge in [-0.1, -0.05) is 60.7 Å². The summed E-state index contributed by atoms with van der Waals surface area (Å²) < 4.78 is 0. The molecule has 1 N–H and O–H groups in total. The molecule has 0 aromatic heterocycles. The van der Waals surface area contributed by atoms with Crippen LogP contribution in [0.4, 0.5) is 0 Å². The number of rotatable bonds is 6. The average molecular weight is 378 g/mol. The zero-order valence-electron chi connectivity index (χ0n) is 16.6. The number of amides is 1. The number of nitrogens with zero attached hydrogens (tertiary/aromatic N) is 2. The number of carbonyl (C=O) groups is 1. The lowest BCUT2D eigenvalue weighted by Gasteiger charge is -2.32. The maximum absolute atomic E-state index is 12.6. The summed E-state index contributed by atoms with van der Waals surface area (Å²) >= 11 is 0. The van der Waals surface area contributed by atoms with Crippen LogP contribution in [0, 0.1) is 0 Å². The maximum Gasteiger partial charge on any atom is 0.234 e. The number of benzene rings is 2. The first kappa shape index (κ1) is 19.2. The van der Waals surface area contributed by atoms with Crippen molar-refractivity contribution in [2.24, 2.45) is 0 Å².